The summed E-state index contributed by atoms with van der Waals surface area (Å²) in [5.41, 5.74) is 0.657. The molecule has 6 N–H and O–H groups in total. The summed E-state index contributed by atoms with van der Waals surface area (Å²) < 4.78 is 27.5. The van der Waals surface area contributed by atoms with Crippen LogP contribution in [-0.2, 0) is 33.3 Å². The van der Waals surface area contributed by atoms with Gasteiger partial charge in [0.05, 0.1) is 25.6 Å². The second-order valence-corrected chi connectivity index (χ2v) is 9.74. The number of hydrogen-bond acceptors (Lipinski definition) is 13. The van der Waals surface area contributed by atoms with E-state index >= 15 is 0 Å². The van der Waals surface area contributed by atoms with Crippen LogP contribution in [0.4, 0.5) is 0 Å². The molecular weight excluding hydrogens is 520 g/mol. The number of carbonyl (C=O) groups is 2. The van der Waals surface area contributed by atoms with Crippen LogP contribution >= 0.6 is 0 Å². The summed E-state index contributed by atoms with van der Waals surface area (Å²) >= 11 is 0. The van der Waals surface area contributed by atoms with Gasteiger partial charge in [-0.25, -0.2) is 9.59 Å². The first-order valence-corrected chi connectivity index (χ1v) is 12.4. The van der Waals surface area contributed by atoms with Crippen LogP contribution < -0.4 is 0 Å². The van der Waals surface area contributed by atoms with Crippen LogP contribution in [0.5, 0.6) is 11.5 Å². The predicted molar refractivity (Wildman–Crippen MR) is 129 cm³/mol. The highest BCUT2D eigenvalue weighted by molar-refractivity contribution is 5.89. The second-order valence-electron chi connectivity index (χ2n) is 9.74. The molecule has 1 saturated carbocycles. The Balaban J connectivity index is 1.50. The van der Waals surface area contributed by atoms with Gasteiger partial charge >= 0.3 is 11.9 Å². The zero-order chi connectivity index (χ0) is 28.4. The first-order chi connectivity index (χ1) is 18.5. The van der Waals surface area contributed by atoms with Crippen LogP contribution in [0.15, 0.2) is 36.1 Å². The Morgan fingerprint density at radius 2 is 1.82 bits per heavy atom. The number of phenols is 2. The van der Waals surface area contributed by atoms with Crippen molar-refractivity contribution in [1.29, 1.82) is 0 Å². The van der Waals surface area contributed by atoms with E-state index in [1.165, 1.54) is 37.6 Å². The van der Waals surface area contributed by atoms with Crippen molar-refractivity contribution in [3.63, 3.8) is 0 Å². The Labute approximate surface area is 223 Å². The molecule has 10 atom stereocenters. The van der Waals surface area contributed by atoms with Gasteiger partial charge in [-0.2, -0.15) is 0 Å². The predicted octanol–water partition coefficient (Wildman–Crippen LogP) is -0.475. The van der Waals surface area contributed by atoms with Gasteiger partial charge in [-0.3, -0.25) is 0 Å². The van der Waals surface area contributed by atoms with Gasteiger partial charge in [0.25, 0.3) is 0 Å². The number of aromatic hydroxyl groups is 2. The van der Waals surface area contributed by atoms with E-state index in [2.05, 4.69) is 0 Å². The summed E-state index contributed by atoms with van der Waals surface area (Å²) in [6.07, 6.45) is -5.37. The molecule has 0 aromatic heterocycles. The lowest BCUT2D eigenvalue weighted by atomic mass is 9.83. The molecule has 3 aliphatic rings. The van der Waals surface area contributed by atoms with Crippen molar-refractivity contribution in [2.45, 2.75) is 56.4 Å². The third kappa shape index (κ3) is 5.88. The number of hydrogen-bond donors (Lipinski definition) is 6. The minimum atomic E-state index is -1.66. The highest BCUT2D eigenvalue weighted by atomic mass is 16.8. The minimum absolute atomic E-state index is 0.205. The molecule has 2 heterocycles. The van der Waals surface area contributed by atoms with E-state index in [0.29, 0.717) is 5.56 Å². The smallest absolute Gasteiger partial charge is 0.337 e. The van der Waals surface area contributed by atoms with Gasteiger partial charge in [-0.05, 0) is 30.2 Å². The highest BCUT2D eigenvalue weighted by Crippen LogP contribution is 2.48. The summed E-state index contributed by atoms with van der Waals surface area (Å²) in [7, 11) is 1.22. The number of carbonyl (C=O) groups excluding carboxylic acids is 2. The Morgan fingerprint density at radius 1 is 1.08 bits per heavy atom. The number of phenolic OH excluding ortho intramolecular Hbond substituents is 2. The maximum absolute atomic E-state index is 12.6. The molecule has 13 heteroatoms. The normalized spacial score (nSPS) is 36.1. The number of esters is 2. The molecule has 1 saturated heterocycles. The van der Waals surface area contributed by atoms with E-state index in [9.17, 15) is 40.2 Å². The third-order valence-corrected chi connectivity index (χ3v) is 7.40. The second kappa shape index (κ2) is 11.9. The number of ether oxygens (including phenoxy) is 5. The molecule has 4 rings (SSSR count). The van der Waals surface area contributed by atoms with E-state index in [1.807, 2.05) is 0 Å². The lowest BCUT2D eigenvalue weighted by molar-refractivity contribution is -0.342. The monoisotopic (exact) mass is 552 g/mol. The molecule has 0 amide bonds. The van der Waals surface area contributed by atoms with Crippen molar-refractivity contribution in [2.24, 2.45) is 17.8 Å². The van der Waals surface area contributed by atoms with E-state index in [1.54, 1.807) is 6.92 Å². The number of aliphatic hydroxyl groups is 4. The first kappa shape index (κ1) is 28.8. The van der Waals surface area contributed by atoms with Crippen LogP contribution in [0.3, 0.4) is 0 Å². The summed E-state index contributed by atoms with van der Waals surface area (Å²) in [5, 5.41) is 59.1. The molecule has 0 radical (unpaired) electrons. The van der Waals surface area contributed by atoms with E-state index in [-0.39, 0.29) is 23.5 Å². The molecule has 1 aromatic rings. The van der Waals surface area contributed by atoms with Crippen LogP contribution in [0.2, 0.25) is 0 Å². The maximum Gasteiger partial charge on any atom is 0.337 e. The summed E-state index contributed by atoms with van der Waals surface area (Å²) in [6, 6.07) is 4.05. The zero-order valence-corrected chi connectivity index (χ0v) is 21.2. The van der Waals surface area contributed by atoms with Crippen molar-refractivity contribution in [1.82, 2.24) is 0 Å². The topological polar surface area (TPSA) is 202 Å². The summed E-state index contributed by atoms with van der Waals surface area (Å²) in [4.78, 5) is 25.1. The Bertz CT molecular complexity index is 1120. The molecular formula is C26H32O13. The number of rotatable bonds is 7. The fourth-order valence-electron chi connectivity index (χ4n) is 5.23. The fourth-order valence-corrected chi connectivity index (χ4v) is 5.23. The minimum Gasteiger partial charge on any atom is -0.504 e. The Hall–Kier alpha value is -3.20. The molecule has 13 nitrogen and oxygen atoms in total. The Kier molecular flexibility index (Phi) is 8.79. The fraction of sp³-hybridized carbons (Fsp3) is 0.538. The maximum atomic E-state index is 12.6. The number of fused-ring (bicyclic) bond motifs is 1. The quantitative estimate of drug-likeness (QED) is 0.144. The van der Waals surface area contributed by atoms with Crippen LogP contribution in [0.25, 0.3) is 6.08 Å². The van der Waals surface area contributed by atoms with Gasteiger partial charge < -0.3 is 54.3 Å². The van der Waals surface area contributed by atoms with E-state index in [4.69, 9.17) is 23.7 Å². The lowest BCUT2D eigenvalue weighted by Crippen LogP contribution is -2.60. The average Bonchev–Trinajstić information content (AvgIpc) is 3.25. The van der Waals surface area contributed by atoms with Crippen molar-refractivity contribution in [3.05, 3.63) is 41.7 Å². The van der Waals surface area contributed by atoms with Crippen molar-refractivity contribution in [2.75, 3.05) is 13.7 Å². The molecule has 214 valence electrons. The van der Waals surface area contributed by atoms with Crippen molar-refractivity contribution >= 4 is 18.0 Å². The highest BCUT2D eigenvalue weighted by Gasteiger charge is 2.54. The number of benzene rings is 1. The molecule has 1 aromatic carbocycles. The SMILES string of the molecule is COC(=O)C1=CO[C@@H](O[C@@H]2O[C@H](CO)[C@@H](O)[C@H](O)[C@H]2O)[C@@H]2[C@@H](C)[C@@H](OC(=O)/C=C/c3ccc(O)c(O)c3)C[C@H]12. The molecule has 0 unspecified atom stereocenters. The van der Waals surface area contributed by atoms with Gasteiger partial charge in [0, 0.05) is 23.8 Å². The molecule has 1 aliphatic carbocycles. The van der Waals surface area contributed by atoms with Gasteiger partial charge in [0.15, 0.2) is 17.8 Å². The zero-order valence-electron chi connectivity index (χ0n) is 21.2. The van der Waals surface area contributed by atoms with Gasteiger partial charge in [-0.15, -0.1) is 0 Å². The Morgan fingerprint density at radius 3 is 2.49 bits per heavy atom. The van der Waals surface area contributed by atoms with Crippen LogP contribution in [0, 0.1) is 17.8 Å². The molecule has 2 aliphatic heterocycles. The van der Waals surface area contributed by atoms with Crippen molar-refractivity contribution in [3.8, 4) is 11.5 Å². The van der Waals surface area contributed by atoms with E-state index in [0.717, 1.165) is 6.08 Å². The average molecular weight is 553 g/mol. The lowest BCUT2D eigenvalue weighted by Gasteiger charge is -2.43. The van der Waals surface area contributed by atoms with Gasteiger partial charge in [-0.1, -0.05) is 13.0 Å². The number of methoxy groups -OCH3 is 1. The summed E-state index contributed by atoms with van der Waals surface area (Å²) in [5.74, 6) is -3.48. The molecule has 39 heavy (non-hydrogen) atoms. The summed E-state index contributed by atoms with van der Waals surface area (Å²) in [6.45, 7) is 1.14. The van der Waals surface area contributed by atoms with Crippen LogP contribution in [-0.4, -0.2) is 99.4 Å². The third-order valence-electron chi connectivity index (χ3n) is 7.40. The largest absolute Gasteiger partial charge is 0.504 e. The molecule has 0 bridgehead atoms. The standard InChI is InChI=1S/C26H32O13/c1-11-17(37-19(30)6-4-12-3-5-15(28)16(29)7-12)8-13-14(24(34)35-2)10-36-25(20(11)13)39-26-23(33)22(32)21(31)18(9-27)38-26/h3-7,10-11,13,17-18,20-23,25-29,31-33H,8-9H2,1-2H3/b6-4+/t11-,13+,17-,18+,20+,21+,22-,23+,25-,26-/m0/s1. The number of aliphatic hydroxyl groups excluding tert-OH is 4. The molecule has 2 fully saturated rings. The van der Waals surface area contributed by atoms with Gasteiger partial charge in [0.1, 0.15) is 30.5 Å². The molecule has 0 spiro atoms. The van der Waals surface area contributed by atoms with E-state index < -0.39 is 79.4 Å². The van der Waals surface area contributed by atoms with Gasteiger partial charge in [0.2, 0.25) is 6.29 Å². The first-order valence-electron chi connectivity index (χ1n) is 12.4. The van der Waals surface area contributed by atoms with Crippen molar-refractivity contribution < 1.29 is 63.9 Å². The van der Waals surface area contributed by atoms with Crippen LogP contribution in [0.1, 0.15) is 18.9 Å².